The van der Waals surface area contributed by atoms with Crippen LogP contribution in [0.5, 0.6) is 0 Å². The number of aryl methyl sites for hydroxylation is 1. The molecule has 6 rings (SSSR count). The van der Waals surface area contributed by atoms with E-state index < -0.39 is 0 Å². The van der Waals surface area contributed by atoms with Crippen LogP contribution >= 0.6 is 0 Å². The van der Waals surface area contributed by atoms with E-state index in [2.05, 4.69) is 34.4 Å². The summed E-state index contributed by atoms with van der Waals surface area (Å²) in [5, 5.41) is 5.67. The Morgan fingerprint density at radius 1 is 0.935 bits per heavy atom. The van der Waals surface area contributed by atoms with Gasteiger partial charge in [0, 0.05) is 41.4 Å². The zero-order chi connectivity index (χ0) is 21.1. The van der Waals surface area contributed by atoms with Crippen molar-refractivity contribution in [3.8, 4) is 0 Å². The van der Waals surface area contributed by atoms with Gasteiger partial charge in [-0.2, -0.15) is 5.10 Å². The van der Waals surface area contributed by atoms with E-state index in [1.54, 1.807) is 6.20 Å². The van der Waals surface area contributed by atoms with Gasteiger partial charge in [-0.1, -0.05) is 52.0 Å². The van der Waals surface area contributed by atoms with Crippen LogP contribution < -0.4 is 0 Å². The Balaban J connectivity index is 0.000000517. The summed E-state index contributed by atoms with van der Waals surface area (Å²) in [6.07, 6.45) is 7.71. The number of nitrogens with zero attached hydrogens (tertiary/aromatic N) is 5. The fourth-order valence-electron chi connectivity index (χ4n) is 3.80. The summed E-state index contributed by atoms with van der Waals surface area (Å²) in [6, 6.07) is 14.3. The summed E-state index contributed by atoms with van der Waals surface area (Å²) in [5.74, 6) is 1.28. The van der Waals surface area contributed by atoms with Gasteiger partial charge in [0.1, 0.15) is 0 Å². The SMILES string of the molecule is C1=C2c3ccccc3N=C(CCc3nc4c5cccnc5ccn4n3)C12.CC.CC.F. The summed E-state index contributed by atoms with van der Waals surface area (Å²) in [7, 11) is 0. The van der Waals surface area contributed by atoms with E-state index in [1.807, 2.05) is 62.7 Å². The van der Waals surface area contributed by atoms with E-state index in [-0.39, 0.29) is 4.70 Å². The van der Waals surface area contributed by atoms with Crippen molar-refractivity contribution in [1.82, 2.24) is 19.6 Å². The molecule has 1 atom stereocenters. The maximum atomic E-state index is 4.88. The van der Waals surface area contributed by atoms with Crippen LogP contribution in [0.1, 0.15) is 45.5 Å². The Labute approximate surface area is 181 Å². The number of allylic oxidation sites excluding steroid dienone is 2. The molecule has 160 valence electrons. The molecule has 4 aromatic rings. The maximum absolute atomic E-state index is 4.88. The average molecular weight is 418 g/mol. The second-order valence-corrected chi connectivity index (χ2v) is 6.77. The highest BCUT2D eigenvalue weighted by molar-refractivity contribution is 6.12. The minimum absolute atomic E-state index is 0. The van der Waals surface area contributed by atoms with E-state index in [0.717, 1.165) is 40.9 Å². The number of aliphatic imine (C=N–C) groups is 1. The summed E-state index contributed by atoms with van der Waals surface area (Å²) in [5.41, 5.74) is 6.83. The van der Waals surface area contributed by atoms with Gasteiger partial charge in [0.15, 0.2) is 11.5 Å². The van der Waals surface area contributed by atoms with Crippen molar-refractivity contribution in [3.63, 3.8) is 0 Å². The van der Waals surface area contributed by atoms with E-state index in [4.69, 9.17) is 9.98 Å². The van der Waals surface area contributed by atoms with Gasteiger partial charge in [-0.05, 0) is 36.3 Å². The van der Waals surface area contributed by atoms with E-state index in [1.165, 1.54) is 16.8 Å². The topological polar surface area (TPSA) is 55.4 Å². The molecule has 1 aliphatic carbocycles. The normalized spacial score (nSPS) is 15.2. The van der Waals surface area contributed by atoms with E-state index in [9.17, 15) is 0 Å². The number of halogens is 1. The molecule has 0 radical (unpaired) electrons. The number of para-hydroxylation sites is 1. The van der Waals surface area contributed by atoms with Gasteiger partial charge >= 0.3 is 0 Å². The molecule has 31 heavy (non-hydrogen) atoms. The minimum Gasteiger partial charge on any atom is -0.269 e. The summed E-state index contributed by atoms with van der Waals surface area (Å²) < 4.78 is 1.85. The molecule has 6 heteroatoms. The van der Waals surface area contributed by atoms with Crippen LogP contribution in [0, 0.1) is 5.92 Å². The second-order valence-electron chi connectivity index (χ2n) is 6.77. The molecule has 0 saturated carbocycles. The van der Waals surface area contributed by atoms with Crippen molar-refractivity contribution < 1.29 is 4.70 Å². The summed E-state index contributed by atoms with van der Waals surface area (Å²) in [6.45, 7) is 8.00. The van der Waals surface area contributed by atoms with Crippen molar-refractivity contribution in [2.45, 2.75) is 40.5 Å². The van der Waals surface area contributed by atoms with Gasteiger partial charge in [-0.15, -0.1) is 0 Å². The molecule has 0 amide bonds. The van der Waals surface area contributed by atoms with Gasteiger partial charge < -0.3 is 0 Å². The molecule has 1 aromatic carbocycles. The van der Waals surface area contributed by atoms with Crippen molar-refractivity contribution in [2.75, 3.05) is 0 Å². The number of hydrogen-bond acceptors (Lipinski definition) is 4. The molecule has 5 nitrogen and oxygen atoms in total. The molecule has 0 saturated heterocycles. The lowest BCUT2D eigenvalue weighted by Crippen LogP contribution is -2.09. The standard InChI is InChI=1S/C21H15N5.2C2H6.FH/c1-2-6-18-13(4-1)15-12-16(15)19(23-18)7-8-20-24-21-14-5-3-10-22-17(14)9-11-26(21)25-20;2*1-2;/h1-6,9-12,16H,7-8H2;2*1-2H3;1H. The molecule has 0 N–H and O–H groups in total. The number of hydrogen-bond donors (Lipinski definition) is 0. The maximum Gasteiger partial charge on any atom is 0.164 e. The molecular formula is C25H28FN5. The molecule has 0 fully saturated rings. The van der Waals surface area contributed by atoms with Crippen LogP contribution in [0.2, 0.25) is 0 Å². The summed E-state index contributed by atoms with van der Waals surface area (Å²) >= 11 is 0. The molecule has 0 spiro atoms. The zero-order valence-electron chi connectivity index (χ0n) is 18.4. The fraction of sp³-hybridized carbons (Fsp3) is 0.280. The van der Waals surface area contributed by atoms with Crippen LogP contribution in [0.3, 0.4) is 0 Å². The number of rotatable bonds is 3. The van der Waals surface area contributed by atoms with Gasteiger partial charge in [0.25, 0.3) is 0 Å². The average Bonchev–Trinajstić information content (AvgIpc) is 3.52. The third kappa shape index (κ3) is 4.10. The van der Waals surface area contributed by atoms with E-state index in [0.29, 0.717) is 5.92 Å². The zero-order valence-corrected chi connectivity index (χ0v) is 18.4. The molecule has 1 aliphatic heterocycles. The monoisotopic (exact) mass is 417 g/mol. The first-order valence-electron chi connectivity index (χ1n) is 10.8. The predicted molar refractivity (Wildman–Crippen MR) is 127 cm³/mol. The lowest BCUT2D eigenvalue weighted by Gasteiger charge is -2.14. The van der Waals surface area contributed by atoms with Crippen LogP contribution in [-0.4, -0.2) is 25.3 Å². The lowest BCUT2D eigenvalue weighted by molar-refractivity contribution is 0.856. The second kappa shape index (κ2) is 9.60. The van der Waals surface area contributed by atoms with Gasteiger partial charge in [-0.25, -0.2) is 9.50 Å². The fourth-order valence-corrected chi connectivity index (χ4v) is 3.80. The van der Waals surface area contributed by atoms with Crippen LogP contribution in [0.15, 0.2) is 65.9 Å². The highest BCUT2D eigenvalue weighted by Crippen LogP contribution is 2.48. The molecule has 1 unspecified atom stereocenters. The van der Waals surface area contributed by atoms with E-state index >= 15 is 0 Å². The Kier molecular flexibility index (Phi) is 6.90. The van der Waals surface area contributed by atoms with Crippen LogP contribution in [-0.2, 0) is 6.42 Å². The Morgan fingerprint density at radius 3 is 2.58 bits per heavy atom. The quantitative estimate of drug-likeness (QED) is 0.398. The first kappa shape index (κ1) is 22.3. The number of fused-ring (bicyclic) bond motifs is 6. The smallest absolute Gasteiger partial charge is 0.164 e. The van der Waals surface area contributed by atoms with Gasteiger partial charge in [-0.3, -0.25) is 14.7 Å². The highest BCUT2D eigenvalue weighted by Gasteiger charge is 2.35. The number of pyridine rings is 2. The van der Waals surface area contributed by atoms with Crippen molar-refractivity contribution in [1.29, 1.82) is 0 Å². The minimum atomic E-state index is 0. The summed E-state index contributed by atoms with van der Waals surface area (Å²) in [4.78, 5) is 14.0. The number of aromatic nitrogens is 4. The first-order valence-corrected chi connectivity index (χ1v) is 10.8. The Hall–Kier alpha value is -3.41. The molecule has 0 bridgehead atoms. The van der Waals surface area contributed by atoms with Crippen molar-refractivity contribution in [2.24, 2.45) is 10.9 Å². The molecular weight excluding hydrogens is 389 g/mol. The van der Waals surface area contributed by atoms with Crippen LogP contribution in [0.4, 0.5) is 10.4 Å². The van der Waals surface area contributed by atoms with Gasteiger partial charge in [0.05, 0.1) is 11.2 Å². The highest BCUT2D eigenvalue weighted by atomic mass is 19.0. The molecule has 3 aromatic heterocycles. The first-order chi connectivity index (χ1) is 14.9. The molecule has 4 heterocycles. The van der Waals surface area contributed by atoms with Gasteiger partial charge in [0.2, 0.25) is 0 Å². The van der Waals surface area contributed by atoms with Crippen molar-refractivity contribution in [3.05, 3.63) is 72.3 Å². The largest absolute Gasteiger partial charge is 0.269 e. The third-order valence-corrected chi connectivity index (χ3v) is 5.14. The Morgan fingerprint density at radius 2 is 1.74 bits per heavy atom. The lowest BCUT2D eigenvalue weighted by atomic mass is 9.98. The third-order valence-electron chi connectivity index (χ3n) is 5.14. The van der Waals surface area contributed by atoms with Crippen LogP contribution in [0.25, 0.3) is 22.1 Å². The molecule has 2 aliphatic rings. The predicted octanol–water partition coefficient (Wildman–Crippen LogP) is 6.21. The van der Waals surface area contributed by atoms with Crippen molar-refractivity contribution >= 4 is 33.5 Å². The Bertz CT molecular complexity index is 1260. The number of benzene rings is 1.